The van der Waals surface area contributed by atoms with Crippen LogP contribution in [0.4, 0.5) is 0 Å². The fourth-order valence-corrected chi connectivity index (χ4v) is 3.27. The van der Waals surface area contributed by atoms with Crippen molar-refractivity contribution in [3.8, 4) is 35.5 Å². The molecule has 0 aliphatic rings. The van der Waals surface area contributed by atoms with Gasteiger partial charge in [0.1, 0.15) is 0 Å². The van der Waals surface area contributed by atoms with Crippen LogP contribution >= 0.6 is 0 Å². The van der Waals surface area contributed by atoms with Crippen molar-refractivity contribution < 1.29 is 0 Å². The first-order valence-corrected chi connectivity index (χ1v) is 11.2. The zero-order chi connectivity index (χ0) is 25.2. The van der Waals surface area contributed by atoms with E-state index in [9.17, 15) is 0 Å². The lowest BCUT2D eigenvalue weighted by atomic mass is 10.0. The lowest BCUT2D eigenvalue weighted by Gasteiger charge is -1.99. The first-order valence-electron chi connectivity index (χ1n) is 11.2. The minimum atomic E-state index is 0.806. The molecule has 0 atom stereocenters. The average Bonchev–Trinajstić information content (AvgIpc) is 2.94. The summed E-state index contributed by atoms with van der Waals surface area (Å²) in [5.74, 6) is 19.2. The first kappa shape index (κ1) is 23.9. The molecule has 162 valence electrons. The molecule has 0 nitrogen and oxygen atoms in total. The van der Waals surface area contributed by atoms with Crippen molar-refractivity contribution in [3.05, 3.63) is 161 Å². The van der Waals surface area contributed by atoms with Gasteiger partial charge in [0.25, 0.3) is 0 Å². The number of hydrogen-bond donors (Lipinski definition) is 0. The van der Waals surface area contributed by atoms with Crippen LogP contribution in [-0.2, 0) is 0 Å². The van der Waals surface area contributed by atoms with Crippen molar-refractivity contribution >= 4 is 18.2 Å². The fourth-order valence-electron chi connectivity index (χ4n) is 3.27. The first-order chi connectivity index (χ1) is 17.6. The Morgan fingerprint density at radius 2 is 0.556 bits per heavy atom. The molecule has 4 aromatic carbocycles. The zero-order valence-corrected chi connectivity index (χ0v) is 19.4. The smallest absolute Gasteiger partial charge is 0.0273 e. The van der Waals surface area contributed by atoms with Crippen molar-refractivity contribution in [2.24, 2.45) is 0 Å². The Balaban J connectivity index is 1.69. The maximum absolute atomic E-state index is 7.34. The van der Waals surface area contributed by atoms with E-state index in [-0.39, 0.29) is 0 Å². The van der Waals surface area contributed by atoms with Crippen LogP contribution in [0.1, 0.15) is 50.1 Å². The van der Waals surface area contributed by atoms with Gasteiger partial charge < -0.3 is 0 Å². The predicted molar refractivity (Wildman–Crippen MR) is 147 cm³/mol. The van der Waals surface area contributed by atoms with Crippen molar-refractivity contribution in [1.82, 2.24) is 0 Å². The predicted octanol–water partition coefficient (Wildman–Crippen LogP) is 6.86. The third kappa shape index (κ3) is 6.65. The molecule has 0 aliphatic heterocycles. The highest BCUT2D eigenvalue weighted by Gasteiger charge is 1.98. The van der Waals surface area contributed by atoms with Crippen molar-refractivity contribution in [2.45, 2.75) is 0 Å². The van der Waals surface area contributed by atoms with Gasteiger partial charge in [-0.25, -0.2) is 0 Å². The van der Waals surface area contributed by atoms with E-state index in [1.165, 1.54) is 18.2 Å². The maximum atomic E-state index is 7.34. The fraction of sp³-hybridized carbons (Fsp3) is 0. The Bertz CT molecular complexity index is 1380. The van der Waals surface area contributed by atoms with Crippen LogP contribution in [0.3, 0.4) is 0 Å². The minimum absolute atomic E-state index is 0.806. The van der Waals surface area contributed by atoms with Crippen LogP contribution in [0, 0.1) is 55.3 Å². The van der Waals surface area contributed by atoms with E-state index >= 15 is 0 Å². The second-order valence-corrected chi connectivity index (χ2v) is 7.85. The molecule has 36 heavy (non-hydrogen) atoms. The molecule has 4 rings (SSSR count). The second kappa shape index (κ2) is 11.8. The number of hydrogen-bond acceptors (Lipinski definition) is 0. The molecule has 0 aliphatic carbocycles. The minimum Gasteiger partial charge on any atom is -0.0617 e. The van der Waals surface area contributed by atoms with Gasteiger partial charge in [0, 0.05) is 33.4 Å². The number of benzene rings is 4. The van der Waals surface area contributed by atoms with Gasteiger partial charge in [-0.1, -0.05) is 71.9 Å². The topological polar surface area (TPSA) is 0 Å². The van der Waals surface area contributed by atoms with Gasteiger partial charge in [0.2, 0.25) is 0 Å². The molecule has 0 amide bonds. The molecule has 0 saturated carbocycles. The molecule has 0 spiro atoms. The Labute approximate surface area is 214 Å². The molecule has 4 aromatic rings. The summed E-state index contributed by atoms with van der Waals surface area (Å²) >= 11 is 0. The summed E-state index contributed by atoms with van der Waals surface area (Å²) in [5.41, 5.74) is 7.50. The van der Waals surface area contributed by atoms with Gasteiger partial charge in [0.15, 0.2) is 0 Å². The molecular formula is C36H18. The van der Waals surface area contributed by atoms with E-state index in [1.54, 1.807) is 0 Å². The largest absolute Gasteiger partial charge is 0.0617 e. The zero-order valence-electron chi connectivity index (χ0n) is 19.4. The Morgan fingerprint density at radius 1 is 0.333 bits per heavy atom. The summed E-state index contributed by atoms with van der Waals surface area (Å²) in [5, 5.41) is 0. The summed E-state index contributed by atoms with van der Waals surface area (Å²) < 4.78 is 0. The van der Waals surface area contributed by atoms with Gasteiger partial charge in [-0.05, 0) is 109 Å². The standard InChI is InChI=1S/C36H18/c1-4-28-7-13-31(14-8-28)19-22-34-25-35(23-20-32-15-9-29(5-2)10-16-32)27-36(26-34)24-21-33-17-11-30(6-3)12-18-33/h4-18,25-27H. The monoisotopic (exact) mass is 450 g/mol. The van der Waals surface area contributed by atoms with E-state index in [4.69, 9.17) is 19.7 Å². The highest BCUT2D eigenvalue weighted by Crippen LogP contribution is 2.12. The molecule has 0 N–H and O–H groups in total. The molecule has 0 saturated heterocycles. The van der Waals surface area contributed by atoms with Crippen LogP contribution in [0.2, 0.25) is 0 Å². The highest BCUT2D eigenvalue weighted by atomic mass is 14.0. The molecule has 0 heterocycles. The lowest BCUT2D eigenvalue weighted by molar-refractivity contribution is 1.54. The molecular weight excluding hydrogens is 432 g/mol. The normalized spacial score (nSPS) is 9.33. The summed E-state index contributed by atoms with van der Waals surface area (Å²) in [6, 6.07) is 28.4. The molecule has 0 bridgehead atoms. The molecule has 0 fully saturated rings. The molecule has 0 unspecified atom stereocenters. The van der Waals surface area contributed by atoms with Gasteiger partial charge in [-0.2, -0.15) is 0 Å². The summed E-state index contributed by atoms with van der Waals surface area (Å²) in [4.78, 5) is 0. The second-order valence-electron chi connectivity index (χ2n) is 7.85. The third-order valence-electron chi connectivity index (χ3n) is 5.22. The highest BCUT2D eigenvalue weighted by molar-refractivity contribution is 5.57. The molecule has 0 aromatic heterocycles. The maximum Gasteiger partial charge on any atom is 0.0273 e. The summed E-state index contributed by atoms with van der Waals surface area (Å²) in [6.45, 7) is 22.0. The van der Waals surface area contributed by atoms with Gasteiger partial charge in [0.05, 0.1) is 0 Å². The van der Waals surface area contributed by atoms with Crippen LogP contribution < -0.4 is 0 Å². The van der Waals surface area contributed by atoms with Gasteiger partial charge in [-0.15, -0.1) is 0 Å². The van der Waals surface area contributed by atoms with Crippen molar-refractivity contribution in [3.63, 3.8) is 0 Å². The van der Waals surface area contributed by atoms with Crippen molar-refractivity contribution in [1.29, 1.82) is 0 Å². The van der Waals surface area contributed by atoms with E-state index in [0.717, 1.165) is 50.1 Å². The van der Waals surface area contributed by atoms with Crippen LogP contribution in [-0.4, -0.2) is 0 Å². The summed E-state index contributed by atoms with van der Waals surface area (Å²) in [7, 11) is 0. The third-order valence-corrected chi connectivity index (χ3v) is 5.22. The van der Waals surface area contributed by atoms with E-state index in [2.05, 4.69) is 35.5 Å². The Morgan fingerprint density at radius 3 is 0.778 bits per heavy atom. The molecule has 6 radical (unpaired) electrons. The van der Waals surface area contributed by atoms with Crippen LogP contribution in [0.15, 0.2) is 91.0 Å². The lowest BCUT2D eigenvalue weighted by Crippen LogP contribution is -1.86. The van der Waals surface area contributed by atoms with Gasteiger partial charge in [-0.3, -0.25) is 0 Å². The van der Waals surface area contributed by atoms with E-state index < -0.39 is 0 Å². The summed E-state index contributed by atoms with van der Waals surface area (Å²) in [6.07, 6.45) is 3.92. The van der Waals surface area contributed by atoms with E-state index in [0.29, 0.717) is 0 Å². The Hall–Kier alpha value is -5.22. The molecule has 0 heteroatoms. The Kier molecular flexibility index (Phi) is 7.82. The van der Waals surface area contributed by atoms with E-state index in [1.807, 2.05) is 91.0 Å². The SMILES string of the molecule is [C]=Cc1ccc(C#Cc2cc(C#Cc3ccc(C=[C])cc3)cc(C#Cc3ccc(C=[C])cc3)c2)cc1. The average molecular weight is 451 g/mol. The number of rotatable bonds is 3. The van der Waals surface area contributed by atoms with Gasteiger partial charge >= 0.3 is 0 Å². The van der Waals surface area contributed by atoms with Crippen LogP contribution in [0.5, 0.6) is 0 Å². The van der Waals surface area contributed by atoms with Crippen molar-refractivity contribution in [2.75, 3.05) is 0 Å². The quantitative estimate of drug-likeness (QED) is 0.299. The van der Waals surface area contributed by atoms with Crippen LogP contribution in [0.25, 0.3) is 18.2 Å².